The average molecular weight is 263 g/mol. The highest BCUT2D eigenvalue weighted by molar-refractivity contribution is 5.51. The maximum absolute atomic E-state index is 6.02. The SMILES string of the molecule is COc1cc2c(c(C(C)(C)C)c1)OCC(C(C)N)C2. The van der Waals surface area contributed by atoms with E-state index in [-0.39, 0.29) is 11.5 Å². The molecule has 1 aromatic carbocycles. The summed E-state index contributed by atoms with van der Waals surface area (Å²) in [5, 5.41) is 0. The lowest BCUT2D eigenvalue weighted by atomic mass is 9.82. The topological polar surface area (TPSA) is 44.5 Å². The van der Waals surface area contributed by atoms with Crippen LogP contribution < -0.4 is 15.2 Å². The summed E-state index contributed by atoms with van der Waals surface area (Å²) in [7, 11) is 1.71. The van der Waals surface area contributed by atoms with Crippen molar-refractivity contribution in [1.82, 2.24) is 0 Å². The molecule has 106 valence electrons. The van der Waals surface area contributed by atoms with Gasteiger partial charge in [-0.15, -0.1) is 0 Å². The van der Waals surface area contributed by atoms with Gasteiger partial charge in [0.05, 0.1) is 13.7 Å². The van der Waals surface area contributed by atoms with Gasteiger partial charge in [0, 0.05) is 17.5 Å². The molecule has 0 aromatic heterocycles. The largest absolute Gasteiger partial charge is 0.497 e. The Labute approximate surface area is 116 Å². The fourth-order valence-electron chi connectivity index (χ4n) is 2.53. The van der Waals surface area contributed by atoms with Crippen LogP contribution in [0, 0.1) is 5.92 Å². The smallest absolute Gasteiger partial charge is 0.126 e. The normalized spacial score (nSPS) is 20.4. The van der Waals surface area contributed by atoms with Crippen LogP contribution in [0.15, 0.2) is 12.1 Å². The van der Waals surface area contributed by atoms with Crippen molar-refractivity contribution in [3.63, 3.8) is 0 Å². The van der Waals surface area contributed by atoms with Crippen molar-refractivity contribution in [2.75, 3.05) is 13.7 Å². The van der Waals surface area contributed by atoms with Crippen molar-refractivity contribution in [2.24, 2.45) is 11.7 Å². The van der Waals surface area contributed by atoms with Gasteiger partial charge >= 0.3 is 0 Å². The molecule has 0 saturated heterocycles. The molecule has 2 atom stereocenters. The number of rotatable bonds is 2. The Balaban J connectivity index is 2.47. The monoisotopic (exact) mass is 263 g/mol. The van der Waals surface area contributed by atoms with E-state index in [1.807, 2.05) is 6.92 Å². The lowest BCUT2D eigenvalue weighted by Gasteiger charge is -2.32. The Bertz CT molecular complexity index is 461. The number of fused-ring (bicyclic) bond motifs is 1. The lowest BCUT2D eigenvalue weighted by molar-refractivity contribution is 0.199. The Morgan fingerprint density at radius 2 is 2.05 bits per heavy atom. The van der Waals surface area contributed by atoms with Crippen molar-refractivity contribution in [3.05, 3.63) is 23.3 Å². The summed E-state index contributed by atoms with van der Waals surface area (Å²) in [6.45, 7) is 9.35. The predicted octanol–water partition coefficient (Wildman–Crippen LogP) is 2.89. The first kappa shape index (κ1) is 14.2. The fourth-order valence-corrected chi connectivity index (χ4v) is 2.53. The third-order valence-electron chi connectivity index (χ3n) is 3.85. The van der Waals surface area contributed by atoms with E-state index >= 15 is 0 Å². The Morgan fingerprint density at radius 3 is 2.58 bits per heavy atom. The minimum Gasteiger partial charge on any atom is -0.497 e. The molecular weight excluding hydrogens is 238 g/mol. The van der Waals surface area contributed by atoms with Gasteiger partial charge in [-0.3, -0.25) is 0 Å². The maximum Gasteiger partial charge on any atom is 0.126 e. The van der Waals surface area contributed by atoms with Gasteiger partial charge in [0.15, 0.2) is 0 Å². The molecule has 1 aliphatic heterocycles. The molecule has 3 heteroatoms. The molecule has 0 spiro atoms. The first-order valence-corrected chi connectivity index (χ1v) is 6.92. The number of benzene rings is 1. The number of hydrogen-bond acceptors (Lipinski definition) is 3. The minimum absolute atomic E-state index is 0.0415. The quantitative estimate of drug-likeness (QED) is 0.892. The molecule has 0 fully saturated rings. The molecule has 1 aromatic rings. The van der Waals surface area contributed by atoms with Crippen LogP contribution in [0.1, 0.15) is 38.8 Å². The van der Waals surface area contributed by atoms with E-state index in [0.29, 0.717) is 12.5 Å². The zero-order valence-corrected chi connectivity index (χ0v) is 12.6. The summed E-state index contributed by atoms with van der Waals surface area (Å²) in [5.41, 5.74) is 8.48. The van der Waals surface area contributed by atoms with Crippen LogP contribution in [0.3, 0.4) is 0 Å². The Hall–Kier alpha value is -1.22. The van der Waals surface area contributed by atoms with Gasteiger partial charge in [-0.25, -0.2) is 0 Å². The number of nitrogens with two attached hydrogens (primary N) is 1. The van der Waals surface area contributed by atoms with Gasteiger partial charge in [-0.1, -0.05) is 20.8 Å². The number of hydrogen-bond donors (Lipinski definition) is 1. The summed E-state index contributed by atoms with van der Waals surface area (Å²) in [6, 6.07) is 4.32. The molecule has 0 bridgehead atoms. The first-order valence-electron chi connectivity index (χ1n) is 6.92. The van der Waals surface area contributed by atoms with Crippen LogP contribution in [0.25, 0.3) is 0 Å². The molecule has 0 amide bonds. The Morgan fingerprint density at radius 1 is 1.37 bits per heavy atom. The van der Waals surface area contributed by atoms with E-state index in [2.05, 4.69) is 32.9 Å². The molecule has 19 heavy (non-hydrogen) atoms. The van der Waals surface area contributed by atoms with Crippen molar-refractivity contribution in [3.8, 4) is 11.5 Å². The molecule has 0 radical (unpaired) electrons. The summed E-state index contributed by atoms with van der Waals surface area (Å²) in [4.78, 5) is 0. The van der Waals surface area contributed by atoms with Crippen molar-refractivity contribution >= 4 is 0 Å². The Kier molecular flexibility index (Phi) is 3.77. The standard InChI is InChI=1S/C16H25NO2/c1-10(17)12-6-11-7-13(18-5)8-14(16(2,3)4)15(11)19-9-12/h7-8,10,12H,6,9,17H2,1-5H3. The van der Waals surface area contributed by atoms with Crippen molar-refractivity contribution in [2.45, 2.75) is 45.6 Å². The van der Waals surface area contributed by atoms with Crippen LogP contribution in [-0.4, -0.2) is 19.8 Å². The van der Waals surface area contributed by atoms with Gasteiger partial charge < -0.3 is 15.2 Å². The summed E-state index contributed by atoms with van der Waals surface area (Å²) < 4.78 is 11.4. The molecule has 3 nitrogen and oxygen atoms in total. The highest BCUT2D eigenvalue weighted by Crippen LogP contribution is 2.40. The van der Waals surface area contributed by atoms with Crippen LogP contribution in [0.4, 0.5) is 0 Å². The molecule has 2 N–H and O–H groups in total. The van der Waals surface area contributed by atoms with E-state index < -0.39 is 0 Å². The van der Waals surface area contributed by atoms with Crippen molar-refractivity contribution < 1.29 is 9.47 Å². The summed E-state index contributed by atoms with van der Waals surface area (Å²) in [5.74, 6) is 2.32. The van der Waals surface area contributed by atoms with Crippen LogP contribution in [-0.2, 0) is 11.8 Å². The van der Waals surface area contributed by atoms with Gasteiger partial charge in [-0.05, 0) is 36.5 Å². The molecule has 2 rings (SSSR count). The number of methoxy groups -OCH3 is 1. The summed E-state index contributed by atoms with van der Waals surface area (Å²) in [6.07, 6.45) is 0.966. The van der Waals surface area contributed by atoms with E-state index in [9.17, 15) is 0 Å². The average Bonchev–Trinajstić information content (AvgIpc) is 2.35. The molecule has 2 unspecified atom stereocenters. The van der Waals surface area contributed by atoms with E-state index in [4.69, 9.17) is 15.2 Å². The minimum atomic E-state index is 0.0415. The van der Waals surface area contributed by atoms with Crippen LogP contribution in [0.2, 0.25) is 0 Å². The first-order chi connectivity index (χ1) is 8.82. The second-order valence-electron chi connectivity index (χ2n) is 6.55. The molecule has 0 aliphatic carbocycles. The maximum atomic E-state index is 6.02. The highest BCUT2D eigenvalue weighted by atomic mass is 16.5. The van der Waals surface area contributed by atoms with E-state index in [1.54, 1.807) is 7.11 Å². The molecular formula is C16H25NO2. The molecule has 0 saturated carbocycles. The molecule has 1 aliphatic rings. The lowest BCUT2D eigenvalue weighted by Crippen LogP contribution is -2.36. The van der Waals surface area contributed by atoms with Crippen molar-refractivity contribution in [1.29, 1.82) is 0 Å². The van der Waals surface area contributed by atoms with E-state index in [0.717, 1.165) is 17.9 Å². The second kappa shape index (κ2) is 5.04. The van der Waals surface area contributed by atoms with Gasteiger partial charge in [0.2, 0.25) is 0 Å². The third kappa shape index (κ3) is 2.86. The second-order valence-corrected chi connectivity index (χ2v) is 6.55. The predicted molar refractivity (Wildman–Crippen MR) is 78.0 cm³/mol. The van der Waals surface area contributed by atoms with Gasteiger partial charge in [0.1, 0.15) is 11.5 Å². The van der Waals surface area contributed by atoms with E-state index in [1.165, 1.54) is 11.1 Å². The fraction of sp³-hybridized carbons (Fsp3) is 0.625. The number of ether oxygens (including phenoxy) is 2. The third-order valence-corrected chi connectivity index (χ3v) is 3.85. The zero-order chi connectivity index (χ0) is 14.2. The highest BCUT2D eigenvalue weighted by Gasteiger charge is 2.29. The summed E-state index contributed by atoms with van der Waals surface area (Å²) >= 11 is 0. The van der Waals surface area contributed by atoms with Crippen LogP contribution in [0.5, 0.6) is 11.5 Å². The van der Waals surface area contributed by atoms with Gasteiger partial charge in [0.25, 0.3) is 0 Å². The van der Waals surface area contributed by atoms with Crippen LogP contribution >= 0.6 is 0 Å². The van der Waals surface area contributed by atoms with Gasteiger partial charge in [-0.2, -0.15) is 0 Å². The zero-order valence-electron chi connectivity index (χ0n) is 12.6. The molecule has 1 heterocycles.